The molecule has 27 heavy (non-hydrogen) atoms. The van der Waals surface area contributed by atoms with Crippen molar-refractivity contribution in [2.45, 2.75) is 31.2 Å². The van der Waals surface area contributed by atoms with E-state index < -0.39 is 5.91 Å². The molecule has 0 aliphatic carbocycles. The molecule has 2 atom stereocenters. The van der Waals surface area contributed by atoms with Crippen molar-refractivity contribution in [2.24, 2.45) is 5.73 Å². The summed E-state index contributed by atoms with van der Waals surface area (Å²) in [4.78, 5) is 27.7. The van der Waals surface area contributed by atoms with Crippen LogP contribution in [-0.4, -0.2) is 53.8 Å². The number of carbonyl (C=O) groups is 2. The van der Waals surface area contributed by atoms with Gasteiger partial charge in [-0.25, -0.2) is 0 Å². The molecular weight excluding hydrogens is 344 g/mol. The summed E-state index contributed by atoms with van der Waals surface area (Å²) in [6, 6.07) is 9.09. The van der Waals surface area contributed by atoms with Crippen molar-refractivity contribution in [3.8, 4) is 6.07 Å². The second-order valence-electron chi connectivity index (χ2n) is 7.36. The number of nitrogens with zero attached hydrogens (tertiary/aromatic N) is 3. The first kappa shape index (κ1) is 17.6. The van der Waals surface area contributed by atoms with Crippen molar-refractivity contribution in [3.05, 3.63) is 35.6 Å². The van der Waals surface area contributed by atoms with E-state index in [9.17, 15) is 9.59 Å². The summed E-state index contributed by atoms with van der Waals surface area (Å²) >= 11 is 0. The van der Waals surface area contributed by atoms with Crippen LogP contribution in [0.25, 0.3) is 11.0 Å². The summed E-state index contributed by atoms with van der Waals surface area (Å²) in [5.74, 6) is 0.670. The Morgan fingerprint density at radius 1 is 1.26 bits per heavy atom. The lowest BCUT2D eigenvalue weighted by Gasteiger charge is -2.23. The minimum Gasteiger partial charge on any atom is -0.461 e. The highest BCUT2D eigenvalue weighted by molar-refractivity contribution is 5.96. The standard InChI is InChI=1S/C20H22N4O3/c21-10-16-2-1-6-24(16)19(25)12-23-7-5-14(11-23)18-9-15-8-13(20(22)26)3-4-17(15)27-18/h3-4,8-9,14,16H,1-2,5-7,11-12H2,(H2,22,26)/t14-,16-/m0/s1. The van der Waals surface area contributed by atoms with Crippen molar-refractivity contribution in [1.29, 1.82) is 5.26 Å². The second-order valence-corrected chi connectivity index (χ2v) is 7.36. The van der Waals surface area contributed by atoms with E-state index in [-0.39, 0.29) is 17.9 Å². The molecule has 1 aromatic carbocycles. The molecule has 2 amide bonds. The molecule has 2 saturated heterocycles. The van der Waals surface area contributed by atoms with Gasteiger partial charge in [0.2, 0.25) is 11.8 Å². The topological polar surface area (TPSA) is 104 Å². The number of furan rings is 1. The molecule has 2 aromatic rings. The quantitative estimate of drug-likeness (QED) is 0.889. The van der Waals surface area contributed by atoms with E-state index in [1.165, 1.54) is 0 Å². The van der Waals surface area contributed by atoms with Crippen LogP contribution >= 0.6 is 0 Å². The number of nitrogens with two attached hydrogens (primary N) is 1. The minimum atomic E-state index is -0.456. The lowest BCUT2D eigenvalue weighted by Crippen LogP contribution is -2.41. The average molecular weight is 366 g/mol. The summed E-state index contributed by atoms with van der Waals surface area (Å²) in [7, 11) is 0. The molecule has 7 heteroatoms. The maximum atomic E-state index is 12.5. The molecule has 0 bridgehead atoms. The Bertz CT molecular complexity index is 929. The number of carbonyl (C=O) groups excluding carboxylic acids is 2. The molecule has 2 aliphatic rings. The molecule has 0 saturated carbocycles. The van der Waals surface area contributed by atoms with Crippen LogP contribution in [0, 0.1) is 11.3 Å². The molecule has 140 valence electrons. The van der Waals surface area contributed by atoms with Crippen LogP contribution in [0.2, 0.25) is 0 Å². The summed E-state index contributed by atoms with van der Waals surface area (Å²) in [6.45, 7) is 2.60. The Morgan fingerprint density at radius 2 is 2.11 bits per heavy atom. The van der Waals surface area contributed by atoms with Gasteiger partial charge < -0.3 is 15.1 Å². The molecule has 0 radical (unpaired) electrons. The van der Waals surface area contributed by atoms with Crippen molar-refractivity contribution in [2.75, 3.05) is 26.2 Å². The van der Waals surface area contributed by atoms with Gasteiger partial charge in [-0.2, -0.15) is 5.26 Å². The van der Waals surface area contributed by atoms with E-state index in [0.717, 1.165) is 49.1 Å². The Labute approximate surface area is 157 Å². The third-order valence-corrected chi connectivity index (χ3v) is 5.58. The van der Waals surface area contributed by atoms with E-state index in [1.807, 2.05) is 6.07 Å². The van der Waals surface area contributed by atoms with Gasteiger partial charge in [-0.3, -0.25) is 14.5 Å². The van der Waals surface area contributed by atoms with E-state index in [0.29, 0.717) is 18.7 Å². The normalized spacial score (nSPS) is 23.0. The summed E-state index contributed by atoms with van der Waals surface area (Å²) in [5, 5.41) is 10.0. The highest BCUT2D eigenvalue weighted by Gasteiger charge is 2.32. The average Bonchev–Trinajstić information content (AvgIpc) is 3.38. The molecular formula is C20H22N4O3. The van der Waals surface area contributed by atoms with Crippen molar-refractivity contribution in [1.82, 2.24) is 9.80 Å². The van der Waals surface area contributed by atoms with Crippen LogP contribution < -0.4 is 5.73 Å². The van der Waals surface area contributed by atoms with Gasteiger partial charge in [0, 0.05) is 30.0 Å². The van der Waals surface area contributed by atoms with Gasteiger partial charge in [-0.15, -0.1) is 0 Å². The Kier molecular flexibility index (Phi) is 4.58. The first-order chi connectivity index (χ1) is 13.0. The van der Waals surface area contributed by atoms with Crippen LogP contribution in [0.1, 0.15) is 41.3 Å². The number of primary amides is 1. The molecule has 0 spiro atoms. The van der Waals surface area contributed by atoms with Crippen LogP contribution in [0.4, 0.5) is 0 Å². The lowest BCUT2D eigenvalue weighted by molar-refractivity contribution is -0.132. The van der Waals surface area contributed by atoms with Gasteiger partial charge in [-0.1, -0.05) is 0 Å². The maximum absolute atomic E-state index is 12.5. The SMILES string of the molecule is N#C[C@@H]1CCCN1C(=O)CN1CC[C@H](c2cc3cc(C(N)=O)ccc3o2)C1. The fourth-order valence-electron chi connectivity index (χ4n) is 4.11. The molecule has 0 unspecified atom stereocenters. The van der Waals surface area contributed by atoms with E-state index in [2.05, 4.69) is 11.0 Å². The highest BCUT2D eigenvalue weighted by Crippen LogP contribution is 2.32. The van der Waals surface area contributed by atoms with Gasteiger partial charge in [0.05, 0.1) is 12.6 Å². The fourth-order valence-corrected chi connectivity index (χ4v) is 4.11. The number of benzene rings is 1. The zero-order valence-electron chi connectivity index (χ0n) is 15.1. The molecule has 3 heterocycles. The third kappa shape index (κ3) is 3.40. The zero-order valence-corrected chi connectivity index (χ0v) is 15.1. The number of likely N-dealkylation sites (tertiary alicyclic amines) is 2. The van der Waals surface area contributed by atoms with Crippen LogP contribution in [0.15, 0.2) is 28.7 Å². The van der Waals surface area contributed by atoms with Gasteiger partial charge in [0.15, 0.2) is 0 Å². The van der Waals surface area contributed by atoms with Crippen LogP contribution in [-0.2, 0) is 4.79 Å². The first-order valence-electron chi connectivity index (χ1n) is 9.30. The lowest BCUT2D eigenvalue weighted by atomic mass is 10.1. The van der Waals surface area contributed by atoms with E-state index in [4.69, 9.17) is 15.4 Å². The van der Waals surface area contributed by atoms with Crippen LogP contribution in [0.5, 0.6) is 0 Å². The first-order valence-corrected chi connectivity index (χ1v) is 9.30. The maximum Gasteiger partial charge on any atom is 0.248 e. The fraction of sp³-hybridized carbons (Fsp3) is 0.450. The monoisotopic (exact) mass is 366 g/mol. The van der Waals surface area contributed by atoms with Crippen molar-refractivity contribution >= 4 is 22.8 Å². The van der Waals surface area contributed by atoms with Crippen LogP contribution in [0.3, 0.4) is 0 Å². The molecule has 2 N–H and O–H groups in total. The Hall–Kier alpha value is -2.85. The van der Waals surface area contributed by atoms with Gasteiger partial charge in [0.25, 0.3) is 0 Å². The predicted octanol–water partition coefficient (Wildman–Crippen LogP) is 1.84. The van der Waals surface area contributed by atoms with Gasteiger partial charge in [-0.05, 0) is 50.1 Å². The number of fused-ring (bicyclic) bond motifs is 1. The summed E-state index contributed by atoms with van der Waals surface area (Å²) < 4.78 is 5.96. The summed E-state index contributed by atoms with van der Waals surface area (Å²) in [5.41, 5.74) is 6.54. The second kappa shape index (κ2) is 7.05. The number of hydrogen-bond donors (Lipinski definition) is 1. The van der Waals surface area contributed by atoms with Gasteiger partial charge in [0.1, 0.15) is 17.4 Å². The smallest absolute Gasteiger partial charge is 0.248 e. The van der Waals surface area contributed by atoms with Gasteiger partial charge >= 0.3 is 0 Å². The molecule has 4 rings (SSSR count). The molecule has 1 aromatic heterocycles. The number of rotatable bonds is 4. The number of amides is 2. The Balaban J connectivity index is 1.42. The van der Waals surface area contributed by atoms with Crippen molar-refractivity contribution < 1.29 is 14.0 Å². The largest absolute Gasteiger partial charge is 0.461 e. The highest BCUT2D eigenvalue weighted by atomic mass is 16.3. The van der Waals surface area contributed by atoms with E-state index in [1.54, 1.807) is 23.1 Å². The third-order valence-electron chi connectivity index (χ3n) is 5.58. The van der Waals surface area contributed by atoms with Crippen molar-refractivity contribution in [3.63, 3.8) is 0 Å². The number of hydrogen-bond acceptors (Lipinski definition) is 5. The molecule has 7 nitrogen and oxygen atoms in total. The summed E-state index contributed by atoms with van der Waals surface area (Å²) in [6.07, 6.45) is 2.59. The minimum absolute atomic E-state index is 0.0374. The Morgan fingerprint density at radius 3 is 2.89 bits per heavy atom. The van der Waals surface area contributed by atoms with E-state index >= 15 is 0 Å². The zero-order chi connectivity index (χ0) is 19.0. The predicted molar refractivity (Wildman–Crippen MR) is 98.9 cm³/mol. The number of nitriles is 1. The molecule has 2 fully saturated rings. The molecule has 2 aliphatic heterocycles.